The van der Waals surface area contributed by atoms with Crippen LogP contribution in [0.5, 0.6) is 0 Å². The van der Waals surface area contributed by atoms with Gasteiger partial charge < -0.3 is 19.4 Å². The van der Waals surface area contributed by atoms with Gasteiger partial charge in [-0.15, -0.1) is 0 Å². The largest absolute Gasteiger partial charge is 0.472 e. The van der Waals surface area contributed by atoms with E-state index in [1.54, 1.807) is 0 Å². The Kier molecular flexibility index (Phi) is 53.8. The molecule has 0 rings (SSSR count). The van der Waals surface area contributed by atoms with Crippen LogP contribution < -0.4 is 5.32 Å². The van der Waals surface area contributed by atoms with Gasteiger partial charge in [0, 0.05) is 12.8 Å². The minimum absolute atomic E-state index is 0.0387. The highest BCUT2D eigenvalue weighted by Crippen LogP contribution is 2.43. The molecule has 0 aliphatic heterocycles. The molecule has 0 aliphatic carbocycles. The Balaban J connectivity index is 5.23. The van der Waals surface area contributed by atoms with Crippen molar-refractivity contribution in [1.82, 2.24) is 5.32 Å². The summed E-state index contributed by atoms with van der Waals surface area (Å²) >= 11 is 0. The number of nitrogens with zero attached hydrogens (tertiary/aromatic N) is 1. The highest BCUT2D eigenvalue weighted by Gasteiger charge is 2.30. The molecule has 0 aromatic carbocycles. The Labute approximate surface area is 465 Å². The number of rotatable bonds is 58. The van der Waals surface area contributed by atoms with Gasteiger partial charge in [0.25, 0.3) is 0 Å². The van der Waals surface area contributed by atoms with Crippen molar-refractivity contribution < 1.29 is 37.3 Å². The van der Waals surface area contributed by atoms with Crippen LogP contribution in [0.2, 0.25) is 0 Å². The SMILES string of the molecule is CCCCC/C=C/C=C/CCCCCCCCC(=O)OC(/C=C\CCCCCCCCCCCCC)C(COP(=O)(O)OCC[N+](C)(C)C)NC(=O)CCCCCCCCCCCCC/C=C/CCCCCCCC. The van der Waals surface area contributed by atoms with Crippen LogP contribution in [0.1, 0.15) is 303 Å². The molecule has 3 unspecified atom stereocenters. The van der Waals surface area contributed by atoms with Crippen molar-refractivity contribution >= 4 is 19.7 Å². The van der Waals surface area contributed by atoms with E-state index in [4.69, 9.17) is 13.8 Å². The molecule has 0 saturated heterocycles. The maximum Gasteiger partial charge on any atom is 0.472 e. The van der Waals surface area contributed by atoms with Crippen LogP contribution in [-0.4, -0.2) is 74.3 Å². The molecule has 0 heterocycles. The van der Waals surface area contributed by atoms with E-state index in [0.717, 1.165) is 77.0 Å². The summed E-state index contributed by atoms with van der Waals surface area (Å²) in [4.78, 5) is 37.7. The average molecular weight is 1080 g/mol. The van der Waals surface area contributed by atoms with E-state index in [2.05, 4.69) is 62.5 Å². The number of carbonyl (C=O) groups excluding carboxylic acids is 2. The third-order valence-corrected chi connectivity index (χ3v) is 15.3. The van der Waals surface area contributed by atoms with Gasteiger partial charge in [0.1, 0.15) is 19.3 Å². The molecule has 1 amide bonds. The van der Waals surface area contributed by atoms with E-state index >= 15 is 0 Å². The molecule has 0 fully saturated rings. The predicted octanol–water partition coefficient (Wildman–Crippen LogP) is 19.7. The van der Waals surface area contributed by atoms with Crippen molar-refractivity contribution in [1.29, 1.82) is 0 Å². The van der Waals surface area contributed by atoms with Crippen molar-refractivity contribution in [3.05, 3.63) is 48.6 Å². The van der Waals surface area contributed by atoms with Gasteiger partial charge in [-0.3, -0.25) is 18.6 Å². The smallest absolute Gasteiger partial charge is 0.456 e. The number of ether oxygens (including phenoxy) is 1. The molecule has 2 N–H and O–H groups in total. The fourth-order valence-corrected chi connectivity index (χ4v) is 10.0. The topological polar surface area (TPSA) is 111 Å². The Morgan fingerprint density at radius 3 is 1.24 bits per heavy atom. The molecule has 0 radical (unpaired) electrons. The second-order valence-corrected chi connectivity index (χ2v) is 24.4. The second kappa shape index (κ2) is 55.3. The van der Waals surface area contributed by atoms with Gasteiger partial charge in [0.2, 0.25) is 5.91 Å². The number of carbonyl (C=O) groups is 2. The average Bonchev–Trinajstić information content (AvgIpc) is 3.37. The number of unbranched alkanes of at least 4 members (excludes halogenated alkanes) is 37. The summed E-state index contributed by atoms with van der Waals surface area (Å²) in [6, 6.07) is -0.852. The number of amides is 1. The Morgan fingerprint density at radius 2 is 0.813 bits per heavy atom. The van der Waals surface area contributed by atoms with Gasteiger partial charge >= 0.3 is 13.8 Å². The molecule has 75 heavy (non-hydrogen) atoms. The van der Waals surface area contributed by atoms with Crippen LogP contribution >= 0.6 is 7.82 Å². The molecule has 3 atom stereocenters. The fourth-order valence-electron chi connectivity index (χ4n) is 9.28. The maximum absolute atomic E-state index is 13.6. The minimum atomic E-state index is -4.45. The van der Waals surface area contributed by atoms with Gasteiger partial charge in [-0.05, 0) is 83.1 Å². The van der Waals surface area contributed by atoms with Crippen molar-refractivity contribution in [2.45, 2.75) is 315 Å². The summed E-state index contributed by atoms with van der Waals surface area (Å²) in [6.45, 7) is 7.00. The van der Waals surface area contributed by atoms with E-state index in [1.165, 1.54) is 193 Å². The third kappa shape index (κ3) is 56.5. The summed E-state index contributed by atoms with van der Waals surface area (Å²) < 4.78 is 30.7. The van der Waals surface area contributed by atoms with Gasteiger partial charge in [-0.2, -0.15) is 0 Å². The van der Waals surface area contributed by atoms with Crippen LogP contribution in [0.15, 0.2) is 48.6 Å². The number of nitrogens with one attached hydrogen (secondary N) is 1. The molecule has 9 nitrogen and oxygen atoms in total. The second-order valence-electron chi connectivity index (χ2n) is 23.0. The zero-order valence-corrected chi connectivity index (χ0v) is 51.2. The fraction of sp³-hybridized carbons (Fsp3) is 0.846. The van der Waals surface area contributed by atoms with E-state index in [0.29, 0.717) is 17.4 Å². The number of quaternary nitrogens is 1. The van der Waals surface area contributed by atoms with Crippen molar-refractivity contribution in [2.75, 3.05) is 40.9 Å². The third-order valence-electron chi connectivity index (χ3n) is 14.3. The number of hydrogen-bond acceptors (Lipinski definition) is 6. The van der Waals surface area contributed by atoms with Gasteiger partial charge in [0.15, 0.2) is 0 Å². The number of likely N-dealkylation sites (N-methyl/N-ethyl adjacent to an activating group) is 1. The monoisotopic (exact) mass is 1080 g/mol. The zero-order chi connectivity index (χ0) is 55.0. The Hall–Kier alpha value is -2.03. The van der Waals surface area contributed by atoms with E-state index in [1.807, 2.05) is 33.3 Å². The molecule has 0 aliphatic rings. The van der Waals surface area contributed by atoms with Crippen LogP contribution in [0.25, 0.3) is 0 Å². The lowest BCUT2D eigenvalue weighted by atomic mass is 10.0. The summed E-state index contributed by atoms with van der Waals surface area (Å²) in [5, 5.41) is 3.06. The molecule has 10 heteroatoms. The van der Waals surface area contributed by atoms with Crippen LogP contribution in [-0.2, 0) is 27.9 Å². The van der Waals surface area contributed by atoms with E-state index in [9.17, 15) is 19.0 Å². The maximum atomic E-state index is 13.6. The van der Waals surface area contributed by atoms with Gasteiger partial charge in [-0.1, -0.05) is 256 Å². The number of esters is 1. The number of phosphoric ester groups is 1. The van der Waals surface area contributed by atoms with Crippen LogP contribution in [0.4, 0.5) is 0 Å². The molecule has 0 bridgehead atoms. The van der Waals surface area contributed by atoms with Crippen molar-refractivity contribution in [3.8, 4) is 0 Å². The van der Waals surface area contributed by atoms with Gasteiger partial charge in [0.05, 0.1) is 33.8 Å². The first-order valence-electron chi connectivity index (χ1n) is 32.0. The quantitative estimate of drug-likeness (QED) is 0.0156. The van der Waals surface area contributed by atoms with Crippen LogP contribution in [0.3, 0.4) is 0 Å². The van der Waals surface area contributed by atoms with E-state index in [-0.39, 0.29) is 31.5 Å². The lowest BCUT2D eigenvalue weighted by Crippen LogP contribution is -2.47. The summed E-state index contributed by atoms with van der Waals surface area (Å²) in [5.41, 5.74) is 0. The van der Waals surface area contributed by atoms with Crippen LogP contribution in [0, 0.1) is 0 Å². The number of hydrogen-bond donors (Lipinski definition) is 2. The lowest BCUT2D eigenvalue weighted by Gasteiger charge is -2.27. The first kappa shape index (κ1) is 73.0. The highest BCUT2D eigenvalue weighted by molar-refractivity contribution is 7.47. The summed E-state index contributed by atoms with van der Waals surface area (Å²) in [6.07, 6.45) is 68.2. The standard InChI is InChI=1S/C65H123N2O7P/c1-7-10-13-16-19-22-25-28-30-31-32-33-34-35-37-39-42-45-48-51-54-57-64(68)66-62(61-73-75(70,71)72-60-59-67(4,5)6)63(56-53-50-47-44-41-38-27-24-21-18-15-12-9-3)74-65(69)58-55-52-49-46-43-40-36-29-26-23-20-17-14-11-8-2/h20,23,26,28-30,53,56,62-63H,7-19,21-22,24-25,27,31-52,54-55,57-61H2,1-6H3,(H-,66,68,70,71)/p+1/b23-20+,29-26+,30-28+,56-53-. The van der Waals surface area contributed by atoms with Crippen molar-refractivity contribution in [2.24, 2.45) is 0 Å². The zero-order valence-electron chi connectivity index (χ0n) is 50.3. The Bertz CT molecular complexity index is 1420. The normalized spacial score (nSPS) is 14.0. The molecule has 0 spiro atoms. The predicted molar refractivity (Wildman–Crippen MR) is 323 cm³/mol. The molecule has 0 aromatic rings. The molecular weight excluding hydrogens is 952 g/mol. The summed E-state index contributed by atoms with van der Waals surface area (Å²) in [5.74, 6) is -0.510. The van der Waals surface area contributed by atoms with E-state index < -0.39 is 20.0 Å². The molecule has 440 valence electrons. The highest BCUT2D eigenvalue weighted by atomic mass is 31.2. The first-order chi connectivity index (χ1) is 36.4. The summed E-state index contributed by atoms with van der Waals surface area (Å²) in [7, 11) is 1.49. The molecular formula is C65H124N2O7P+. The van der Waals surface area contributed by atoms with Gasteiger partial charge in [-0.25, -0.2) is 4.57 Å². The van der Waals surface area contributed by atoms with Crippen molar-refractivity contribution in [3.63, 3.8) is 0 Å². The number of allylic oxidation sites excluding steroid dienone is 7. The molecule has 0 aromatic heterocycles. The molecule has 0 saturated carbocycles. The lowest BCUT2D eigenvalue weighted by molar-refractivity contribution is -0.870. The Morgan fingerprint density at radius 1 is 0.467 bits per heavy atom. The first-order valence-corrected chi connectivity index (χ1v) is 33.5. The minimum Gasteiger partial charge on any atom is -0.456 e. The number of phosphoric acid groups is 1.